The van der Waals surface area contributed by atoms with Crippen molar-refractivity contribution >= 4 is 0 Å². The summed E-state index contributed by atoms with van der Waals surface area (Å²) >= 11 is 0. The standard InChI is InChI=1S/C15H24N4O3/c1-16-15(12-19(20)21)17-8-5-9-22-14-7-4-6-13(10-14)11-18(2)3/h4,6-7,10,12,16-17H,5,8-9,11H2,1-3H3. The molecule has 0 saturated heterocycles. The molecule has 1 rings (SSSR count). The van der Waals surface area contributed by atoms with Crippen molar-refractivity contribution in [3.05, 3.63) is 52.0 Å². The van der Waals surface area contributed by atoms with E-state index in [4.69, 9.17) is 4.74 Å². The number of hydrogen-bond donors (Lipinski definition) is 2. The van der Waals surface area contributed by atoms with E-state index in [9.17, 15) is 10.1 Å². The van der Waals surface area contributed by atoms with Crippen molar-refractivity contribution in [2.75, 3.05) is 34.3 Å². The van der Waals surface area contributed by atoms with Crippen LogP contribution in [0.25, 0.3) is 0 Å². The summed E-state index contributed by atoms with van der Waals surface area (Å²) in [5.41, 5.74) is 1.20. The first-order valence-corrected chi connectivity index (χ1v) is 7.14. The van der Waals surface area contributed by atoms with E-state index in [1.54, 1.807) is 7.05 Å². The van der Waals surface area contributed by atoms with E-state index in [1.807, 2.05) is 32.3 Å². The third-order valence-electron chi connectivity index (χ3n) is 2.81. The van der Waals surface area contributed by atoms with Gasteiger partial charge in [-0.2, -0.15) is 0 Å². The van der Waals surface area contributed by atoms with Crippen LogP contribution in [-0.2, 0) is 6.54 Å². The van der Waals surface area contributed by atoms with Gasteiger partial charge in [-0.05, 0) is 38.2 Å². The van der Waals surface area contributed by atoms with Crippen molar-refractivity contribution in [1.82, 2.24) is 15.5 Å². The van der Waals surface area contributed by atoms with Gasteiger partial charge in [-0.25, -0.2) is 0 Å². The summed E-state index contributed by atoms with van der Waals surface area (Å²) in [4.78, 5) is 12.0. The molecule has 1 aromatic carbocycles. The van der Waals surface area contributed by atoms with E-state index in [1.165, 1.54) is 5.56 Å². The van der Waals surface area contributed by atoms with Gasteiger partial charge in [-0.1, -0.05) is 12.1 Å². The number of hydrogen-bond acceptors (Lipinski definition) is 6. The third kappa shape index (κ3) is 7.49. The van der Waals surface area contributed by atoms with Crippen molar-refractivity contribution < 1.29 is 9.66 Å². The van der Waals surface area contributed by atoms with Crippen molar-refractivity contribution in [1.29, 1.82) is 0 Å². The lowest BCUT2D eigenvalue weighted by atomic mass is 10.2. The van der Waals surface area contributed by atoms with Crippen LogP contribution in [0.4, 0.5) is 0 Å². The van der Waals surface area contributed by atoms with Gasteiger partial charge in [0, 0.05) is 20.1 Å². The zero-order valence-electron chi connectivity index (χ0n) is 13.3. The molecular weight excluding hydrogens is 284 g/mol. The van der Waals surface area contributed by atoms with Crippen LogP contribution in [0.2, 0.25) is 0 Å². The van der Waals surface area contributed by atoms with Gasteiger partial charge in [0.15, 0.2) is 5.82 Å². The summed E-state index contributed by atoms with van der Waals surface area (Å²) in [6.07, 6.45) is 1.65. The van der Waals surface area contributed by atoms with Gasteiger partial charge < -0.3 is 20.3 Å². The summed E-state index contributed by atoms with van der Waals surface area (Å²) < 4.78 is 5.69. The molecule has 0 amide bonds. The highest BCUT2D eigenvalue weighted by molar-refractivity contribution is 5.28. The first-order valence-electron chi connectivity index (χ1n) is 7.14. The average Bonchev–Trinajstić information content (AvgIpc) is 2.45. The Morgan fingerprint density at radius 3 is 2.86 bits per heavy atom. The van der Waals surface area contributed by atoms with Crippen molar-refractivity contribution in [3.63, 3.8) is 0 Å². The second-order valence-electron chi connectivity index (χ2n) is 5.09. The highest BCUT2D eigenvalue weighted by atomic mass is 16.6. The summed E-state index contributed by atoms with van der Waals surface area (Å²) in [6, 6.07) is 8.00. The van der Waals surface area contributed by atoms with Gasteiger partial charge in [0.2, 0.25) is 0 Å². The normalized spacial score (nSPS) is 11.4. The maximum atomic E-state index is 10.4. The van der Waals surface area contributed by atoms with Crippen LogP contribution in [0, 0.1) is 10.1 Å². The molecule has 1 aromatic rings. The van der Waals surface area contributed by atoms with Crippen LogP contribution in [-0.4, -0.2) is 44.1 Å². The molecule has 0 atom stereocenters. The molecule has 0 aromatic heterocycles. The molecule has 7 heteroatoms. The number of nitro groups is 1. The van der Waals surface area contributed by atoms with Gasteiger partial charge in [-0.3, -0.25) is 10.1 Å². The van der Waals surface area contributed by atoms with Crippen LogP contribution in [0.1, 0.15) is 12.0 Å². The van der Waals surface area contributed by atoms with Gasteiger partial charge in [-0.15, -0.1) is 0 Å². The fraction of sp³-hybridized carbons (Fsp3) is 0.467. The van der Waals surface area contributed by atoms with Crippen LogP contribution in [0.15, 0.2) is 36.3 Å². The molecule has 22 heavy (non-hydrogen) atoms. The highest BCUT2D eigenvalue weighted by Gasteiger charge is 2.01. The van der Waals surface area contributed by atoms with Crippen molar-refractivity contribution in [2.24, 2.45) is 0 Å². The largest absolute Gasteiger partial charge is 0.494 e. The molecule has 0 spiro atoms. The lowest BCUT2D eigenvalue weighted by Crippen LogP contribution is -2.26. The summed E-state index contributed by atoms with van der Waals surface area (Å²) in [5.74, 6) is 1.23. The Morgan fingerprint density at radius 1 is 1.45 bits per heavy atom. The van der Waals surface area contributed by atoms with E-state index in [2.05, 4.69) is 21.6 Å². The maximum Gasteiger partial charge on any atom is 0.274 e. The SMILES string of the molecule is CNC(=C[N+](=O)[O-])NCCCOc1cccc(CN(C)C)c1. The molecule has 0 unspecified atom stereocenters. The van der Waals surface area contributed by atoms with E-state index in [-0.39, 0.29) is 0 Å². The number of nitrogens with one attached hydrogen (secondary N) is 2. The zero-order valence-corrected chi connectivity index (χ0v) is 13.3. The smallest absolute Gasteiger partial charge is 0.274 e. The topological polar surface area (TPSA) is 79.7 Å². The first-order chi connectivity index (χ1) is 10.5. The van der Waals surface area contributed by atoms with Gasteiger partial charge in [0.25, 0.3) is 6.20 Å². The Bertz CT molecular complexity index is 503. The predicted molar refractivity (Wildman–Crippen MR) is 86.1 cm³/mol. The monoisotopic (exact) mass is 308 g/mol. The molecule has 122 valence electrons. The summed E-state index contributed by atoms with van der Waals surface area (Å²) in [5, 5.41) is 16.0. The van der Waals surface area contributed by atoms with E-state index in [0.717, 1.165) is 24.9 Å². The van der Waals surface area contributed by atoms with Crippen LogP contribution < -0.4 is 15.4 Å². The minimum absolute atomic E-state index is 0.387. The Hall–Kier alpha value is -2.28. The van der Waals surface area contributed by atoms with Crippen molar-refractivity contribution in [2.45, 2.75) is 13.0 Å². The molecule has 0 aliphatic rings. The van der Waals surface area contributed by atoms with Gasteiger partial charge in [0.05, 0.1) is 11.5 Å². The predicted octanol–water partition coefficient (Wildman–Crippen LogP) is 1.40. The fourth-order valence-electron chi connectivity index (χ4n) is 1.89. The van der Waals surface area contributed by atoms with Crippen LogP contribution in [0.5, 0.6) is 5.75 Å². The number of ether oxygens (including phenoxy) is 1. The Balaban J connectivity index is 2.31. The molecular formula is C15H24N4O3. The molecule has 7 nitrogen and oxygen atoms in total. The quantitative estimate of drug-likeness (QED) is 0.386. The number of rotatable bonds is 10. The first kappa shape index (κ1) is 17.8. The molecule has 0 fully saturated rings. The summed E-state index contributed by atoms with van der Waals surface area (Å²) in [6.45, 7) is 2.02. The minimum Gasteiger partial charge on any atom is -0.494 e. The van der Waals surface area contributed by atoms with E-state index in [0.29, 0.717) is 19.0 Å². The Kier molecular flexibility index (Phi) is 7.77. The van der Waals surface area contributed by atoms with Crippen molar-refractivity contribution in [3.8, 4) is 5.75 Å². The minimum atomic E-state index is -0.494. The maximum absolute atomic E-state index is 10.4. The fourth-order valence-corrected chi connectivity index (χ4v) is 1.89. The number of nitrogens with zero attached hydrogens (tertiary/aromatic N) is 2. The summed E-state index contributed by atoms with van der Waals surface area (Å²) in [7, 11) is 5.68. The molecule has 0 heterocycles. The van der Waals surface area contributed by atoms with Crippen LogP contribution >= 0.6 is 0 Å². The molecule has 0 aliphatic heterocycles. The Labute approximate surface area is 131 Å². The average molecular weight is 308 g/mol. The van der Waals surface area contributed by atoms with Gasteiger partial charge in [0.1, 0.15) is 5.75 Å². The second-order valence-corrected chi connectivity index (χ2v) is 5.09. The van der Waals surface area contributed by atoms with Crippen LogP contribution in [0.3, 0.4) is 0 Å². The third-order valence-corrected chi connectivity index (χ3v) is 2.81. The highest BCUT2D eigenvalue weighted by Crippen LogP contribution is 2.14. The molecule has 0 aliphatic carbocycles. The second kappa shape index (κ2) is 9.62. The molecule has 0 bridgehead atoms. The van der Waals surface area contributed by atoms with E-state index < -0.39 is 4.92 Å². The zero-order chi connectivity index (χ0) is 16.4. The number of benzene rings is 1. The molecule has 0 radical (unpaired) electrons. The lowest BCUT2D eigenvalue weighted by Gasteiger charge is -2.12. The van der Waals surface area contributed by atoms with E-state index >= 15 is 0 Å². The molecule has 2 N–H and O–H groups in total. The lowest BCUT2D eigenvalue weighted by molar-refractivity contribution is -0.404. The molecule has 0 saturated carbocycles. The van der Waals surface area contributed by atoms with Gasteiger partial charge >= 0.3 is 0 Å². The Morgan fingerprint density at radius 2 is 2.23 bits per heavy atom.